The Labute approximate surface area is 263 Å². The highest BCUT2D eigenvalue weighted by atomic mass is 35.5. The zero-order chi connectivity index (χ0) is 32.0. The molecule has 4 N–H and O–H groups in total. The van der Waals surface area contributed by atoms with Gasteiger partial charge >= 0.3 is 6.09 Å². The van der Waals surface area contributed by atoms with Crippen LogP contribution in [0.3, 0.4) is 0 Å². The van der Waals surface area contributed by atoms with Gasteiger partial charge in [0.05, 0.1) is 6.29 Å². The number of hydrogen-bond donors (Lipinski definition) is 4. The van der Waals surface area contributed by atoms with Gasteiger partial charge in [0.15, 0.2) is 0 Å². The summed E-state index contributed by atoms with van der Waals surface area (Å²) in [5, 5.41) is 18.0. The van der Waals surface area contributed by atoms with Crippen molar-refractivity contribution < 1.29 is 33.4 Å². The number of hydrogen-bond acceptors (Lipinski definition) is 6. The van der Waals surface area contributed by atoms with Gasteiger partial charge in [0.25, 0.3) is 0 Å². The summed E-state index contributed by atoms with van der Waals surface area (Å²) in [6.07, 6.45) is -0.639. The zero-order valence-corrected chi connectivity index (χ0v) is 28.5. The van der Waals surface area contributed by atoms with Crippen LogP contribution in [0.5, 0.6) is 0 Å². The smallest absolute Gasteiger partial charge is 0.408 e. The number of nitrogens with zero attached hydrogens (tertiary/aromatic N) is 1. The number of carboxylic acid groups (broad SMARTS) is 1. The van der Waals surface area contributed by atoms with Crippen LogP contribution in [-0.4, -0.2) is 72.5 Å². The average molecular weight is 647 g/mol. The van der Waals surface area contributed by atoms with Gasteiger partial charge in [-0.2, -0.15) is 0 Å². The van der Waals surface area contributed by atoms with E-state index in [-0.39, 0.29) is 61.5 Å². The van der Waals surface area contributed by atoms with Crippen molar-refractivity contribution in [2.45, 2.75) is 79.4 Å². The van der Waals surface area contributed by atoms with E-state index in [9.17, 15) is 28.8 Å². The van der Waals surface area contributed by atoms with Crippen molar-refractivity contribution in [1.29, 1.82) is 0 Å². The summed E-state index contributed by atoms with van der Waals surface area (Å²) in [6, 6.07) is 7.24. The molecule has 0 saturated carbocycles. The molecule has 0 aliphatic heterocycles. The molecule has 13 heteroatoms. The van der Waals surface area contributed by atoms with Crippen molar-refractivity contribution in [3.63, 3.8) is 0 Å². The van der Waals surface area contributed by atoms with Crippen LogP contribution in [-0.2, 0) is 30.0 Å². The van der Waals surface area contributed by atoms with Gasteiger partial charge in [0, 0.05) is 32.8 Å². The number of rotatable bonds is 18. The molecule has 0 spiro atoms. The first-order valence-electron chi connectivity index (χ1n) is 14.6. The lowest BCUT2D eigenvalue weighted by atomic mass is 9.96. The van der Waals surface area contributed by atoms with Crippen LogP contribution >= 0.6 is 19.8 Å². The summed E-state index contributed by atoms with van der Waals surface area (Å²) in [4.78, 5) is 52.5. The fourth-order valence-corrected chi connectivity index (χ4v) is 6.56. The van der Waals surface area contributed by atoms with Crippen molar-refractivity contribution >= 4 is 43.6 Å². The molecule has 4 atom stereocenters. The lowest BCUT2D eigenvalue weighted by Crippen LogP contribution is -2.50. The maximum Gasteiger partial charge on any atom is 0.408 e. The Morgan fingerprint density at radius 1 is 0.884 bits per heavy atom. The minimum Gasteiger partial charge on any atom is -0.465 e. The average Bonchev–Trinajstić information content (AvgIpc) is 2.92. The number of likely N-dealkylation sites (N-methyl/N-ethyl adjacent to an activating group) is 1. The second-order valence-electron chi connectivity index (χ2n) is 12.1. The van der Waals surface area contributed by atoms with E-state index in [4.69, 9.17) is 4.52 Å². The third kappa shape index (κ3) is 14.6. The van der Waals surface area contributed by atoms with E-state index >= 15 is 0 Å². The fraction of sp³-hybridized carbons (Fsp3) is 0.667. The Bertz CT molecular complexity index is 1070. The maximum atomic E-state index is 13.8. The Morgan fingerprint density at radius 3 is 1.91 bits per heavy atom. The van der Waals surface area contributed by atoms with E-state index in [0.29, 0.717) is 12.8 Å². The van der Waals surface area contributed by atoms with Crippen molar-refractivity contribution in [3.8, 4) is 0 Å². The Hall–Kier alpha value is -2.62. The largest absolute Gasteiger partial charge is 0.465 e. The molecule has 0 saturated heterocycles. The molecular formula is C30H52ClN4O7P. The third-order valence-electron chi connectivity index (χ3n) is 6.85. The molecule has 0 aromatic heterocycles. The van der Waals surface area contributed by atoms with E-state index in [1.807, 2.05) is 47.6 Å². The molecule has 0 fully saturated rings. The first kappa shape index (κ1) is 40.4. The van der Waals surface area contributed by atoms with Crippen molar-refractivity contribution in [2.75, 3.05) is 26.6 Å². The maximum absolute atomic E-state index is 13.8. The van der Waals surface area contributed by atoms with E-state index in [0.717, 1.165) is 10.5 Å². The molecule has 0 aliphatic carbocycles. The lowest BCUT2D eigenvalue weighted by molar-refractivity contribution is -0.131. The molecule has 11 nitrogen and oxygen atoms in total. The van der Waals surface area contributed by atoms with Crippen molar-refractivity contribution in [3.05, 3.63) is 35.9 Å². The first-order chi connectivity index (χ1) is 19.6. The summed E-state index contributed by atoms with van der Waals surface area (Å²) in [7, 11) is -0.797. The molecular weight excluding hydrogens is 595 g/mol. The van der Waals surface area contributed by atoms with E-state index in [2.05, 4.69) is 16.0 Å². The number of benzene rings is 1. The van der Waals surface area contributed by atoms with E-state index in [1.165, 1.54) is 14.2 Å². The monoisotopic (exact) mass is 646 g/mol. The number of halogens is 1. The summed E-state index contributed by atoms with van der Waals surface area (Å²) in [6.45, 7) is 11.6. The van der Waals surface area contributed by atoms with Crippen molar-refractivity contribution in [1.82, 2.24) is 20.9 Å². The highest BCUT2D eigenvalue weighted by Crippen LogP contribution is 2.47. The third-order valence-corrected chi connectivity index (χ3v) is 9.16. The fourth-order valence-electron chi connectivity index (χ4n) is 4.77. The standard InChI is InChI=1S/C30H51N4O7P.ClH/c1-20(2)14-24(27(35)33-25(15-21(3)4)28(36)31-7)18-42(40,41-8)19-32-29(37)26(16-22(5)6)34(30(38)39)17-23-12-10-9-11-13-23;/h9-13,20-22,24-26H,14-19H2,1-8H3,(H,31,36)(H,32,37)(H,33,35)(H,38,39);1H/t24?,25-,26-,42?;/m0./s1. The number of carbonyl (C=O) groups excluding carboxylic acids is 3. The number of nitrogens with one attached hydrogen (secondary N) is 3. The molecule has 0 bridgehead atoms. The predicted octanol–water partition coefficient (Wildman–Crippen LogP) is 4.94. The molecule has 0 radical (unpaired) electrons. The van der Waals surface area contributed by atoms with E-state index in [1.54, 1.807) is 24.3 Å². The van der Waals surface area contributed by atoms with Crippen LogP contribution in [0.1, 0.15) is 66.4 Å². The van der Waals surface area contributed by atoms with Crippen LogP contribution in [0.2, 0.25) is 0 Å². The van der Waals surface area contributed by atoms with Gasteiger partial charge in [0.1, 0.15) is 12.1 Å². The van der Waals surface area contributed by atoms with Gasteiger partial charge in [-0.05, 0) is 42.6 Å². The van der Waals surface area contributed by atoms with Crippen LogP contribution in [0.4, 0.5) is 4.79 Å². The quantitative estimate of drug-likeness (QED) is 0.165. The van der Waals surface area contributed by atoms with Gasteiger partial charge in [-0.3, -0.25) is 23.8 Å². The Kier molecular flexibility index (Phi) is 18.4. The topological polar surface area (TPSA) is 154 Å². The second-order valence-corrected chi connectivity index (χ2v) is 14.7. The molecule has 43 heavy (non-hydrogen) atoms. The van der Waals surface area contributed by atoms with Crippen LogP contribution < -0.4 is 16.0 Å². The van der Waals surface area contributed by atoms with Gasteiger partial charge < -0.3 is 25.6 Å². The van der Waals surface area contributed by atoms with Crippen LogP contribution in [0, 0.1) is 23.7 Å². The van der Waals surface area contributed by atoms with Gasteiger partial charge in [-0.1, -0.05) is 71.9 Å². The number of amides is 4. The summed E-state index contributed by atoms with van der Waals surface area (Å²) < 4.78 is 19.3. The minimum absolute atomic E-state index is 0. The SMILES string of the molecule is CNC(=O)[C@H](CC(C)C)NC(=O)C(CC(C)C)CP(=O)(CNC(=O)[C@H](CC(C)C)N(Cc1ccccc1)C(=O)O)OC.Cl. The zero-order valence-electron chi connectivity index (χ0n) is 26.8. The first-order valence-corrected chi connectivity index (χ1v) is 16.6. The normalized spacial score (nSPS) is 14.7. The molecule has 1 rings (SSSR count). The summed E-state index contributed by atoms with van der Waals surface area (Å²) in [5.74, 6) is -1.78. The highest BCUT2D eigenvalue weighted by Gasteiger charge is 2.36. The van der Waals surface area contributed by atoms with Crippen LogP contribution in [0.15, 0.2) is 30.3 Å². The van der Waals surface area contributed by atoms with Gasteiger partial charge in [-0.15, -0.1) is 12.4 Å². The Balaban J connectivity index is 0.0000176. The summed E-state index contributed by atoms with van der Waals surface area (Å²) in [5.41, 5.74) is 0.735. The van der Waals surface area contributed by atoms with E-state index < -0.39 is 43.3 Å². The second kappa shape index (κ2) is 19.6. The molecule has 0 heterocycles. The van der Waals surface area contributed by atoms with Crippen molar-refractivity contribution in [2.24, 2.45) is 23.7 Å². The highest BCUT2D eigenvalue weighted by molar-refractivity contribution is 7.59. The summed E-state index contributed by atoms with van der Waals surface area (Å²) >= 11 is 0. The number of carbonyl (C=O) groups is 4. The molecule has 2 unspecified atom stereocenters. The van der Waals surface area contributed by atoms with Gasteiger partial charge in [0.2, 0.25) is 25.1 Å². The lowest BCUT2D eigenvalue weighted by Gasteiger charge is -2.31. The molecule has 1 aromatic carbocycles. The Morgan fingerprint density at radius 2 is 1.44 bits per heavy atom. The molecule has 4 amide bonds. The predicted molar refractivity (Wildman–Crippen MR) is 171 cm³/mol. The molecule has 0 aliphatic rings. The van der Waals surface area contributed by atoms with Crippen LogP contribution in [0.25, 0.3) is 0 Å². The molecule has 1 aromatic rings. The van der Waals surface area contributed by atoms with Gasteiger partial charge in [-0.25, -0.2) is 4.79 Å². The molecule has 246 valence electrons. The minimum atomic E-state index is -3.58.